The van der Waals surface area contributed by atoms with Crippen molar-refractivity contribution >= 4 is 5.91 Å². The summed E-state index contributed by atoms with van der Waals surface area (Å²) in [6.45, 7) is 6.43. The topological polar surface area (TPSA) is 46.3 Å². The van der Waals surface area contributed by atoms with Crippen LogP contribution in [0, 0.1) is 19.8 Å². The Labute approximate surface area is 103 Å². The zero-order valence-electron chi connectivity index (χ0n) is 10.6. The molecule has 1 fully saturated rings. The molecule has 1 atom stereocenters. The van der Waals surface area contributed by atoms with Gasteiger partial charge in [0.15, 0.2) is 0 Å². The summed E-state index contributed by atoms with van der Waals surface area (Å²) in [5, 5.41) is 0. The molecule has 1 aromatic carbocycles. The molecule has 0 aliphatic carbocycles. The second kappa shape index (κ2) is 4.88. The number of likely N-dealkylation sites (tertiary alicyclic amines) is 1. The van der Waals surface area contributed by atoms with Gasteiger partial charge in [0.25, 0.3) is 5.91 Å². The molecule has 2 N–H and O–H groups in total. The molecular weight excluding hydrogens is 212 g/mol. The van der Waals surface area contributed by atoms with Gasteiger partial charge >= 0.3 is 0 Å². The molecular formula is C14H20N2O. The van der Waals surface area contributed by atoms with E-state index < -0.39 is 0 Å². The van der Waals surface area contributed by atoms with E-state index in [1.807, 2.05) is 30.0 Å². The number of nitrogens with zero attached hydrogens (tertiary/aromatic N) is 1. The van der Waals surface area contributed by atoms with E-state index in [0.29, 0.717) is 12.5 Å². The van der Waals surface area contributed by atoms with E-state index in [1.165, 1.54) is 11.1 Å². The van der Waals surface area contributed by atoms with Crippen LogP contribution >= 0.6 is 0 Å². The molecule has 2 rings (SSSR count). The summed E-state index contributed by atoms with van der Waals surface area (Å²) < 4.78 is 0. The monoisotopic (exact) mass is 232 g/mol. The van der Waals surface area contributed by atoms with Gasteiger partial charge in [0, 0.05) is 18.7 Å². The molecule has 0 spiro atoms. The number of amides is 1. The summed E-state index contributed by atoms with van der Waals surface area (Å²) in [4.78, 5) is 14.2. The quantitative estimate of drug-likeness (QED) is 0.844. The number of hydrogen-bond donors (Lipinski definition) is 1. The molecule has 3 nitrogen and oxygen atoms in total. The molecule has 92 valence electrons. The van der Waals surface area contributed by atoms with Crippen LogP contribution in [0.3, 0.4) is 0 Å². The maximum atomic E-state index is 12.3. The summed E-state index contributed by atoms with van der Waals surface area (Å²) >= 11 is 0. The lowest BCUT2D eigenvalue weighted by atomic mass is 10.1. The van der Waals surface area contributed by atoms with Crippen LogP contribution in [0.1, 0.15) is 27.9 Å². The first-order valence-corrected chi connectivity index (χ1v) is 6.18. The van der Waals surface area contributed by atoms with Gasteiger partial charge < -0.3 is 10.6 Å². The van der Waals surface area contributed by atoms with Gasteiger partial charge in [-0.2, -0.15) is 0 Å². The summed E-state index contributed by atoms with van der Waals surface area (Å²) in [6, 6.07) is 5.91. The number of carbonyl (C=O) groups is 1. The van der Waals surface area contributed by atoms with Crippen LogP contribution in [0.25, 0.3) is 0 Å². The van der Waals surface area contributed by atoms with Crippen LogP contribution in [0.5, 0.6) is 0 Å². The van der Waals surface area contributed by atoms with Crippen molar-refractivity contribution in [1.29, 1.82) is 0 Å². The van der Waals surface area contributed by atoms with E-state index in [2.05, 4.69) is 6.92 Å². The highest BCUT2D eigenvalue weighted by atomic mass is 16.2. The minimum Gasteiger partial charge on any atom is -0.338 e. The van der Waals surface area contributed by atoms with Crippen LogP contribution in [0.2, 0.25) is 0 Å². The third-order valence-electron chi connectivity index (χ3n) is 3.66. The van der Waals surface area contributed by atoms with Gasteiger partial charge in [0.05, 0.1) is 0 Å². The van der Waals surface area contributed by atoms with Crippen molar-refractivity contribution in [3.8, 4) is 0 Å². The van der Waals surface area contributed by atoms with Crippen molar-refractivity contribution in [3.05, 3.63) is 34.9 Å². The van der Waals surface area contributed by atoms with Gasteiger partial charge in [-0.05, 0) is 56.0 Å². The van der Waals surface area contributed by atoms with Crippen LogP contribution in [0.4, 0.5) is 0 Å². The van der Waals surface area contributed by atoms with Gasteiger partial charge in [-0.3, -0.25) is 4.79 Å². The van der Waals surface area contributed by atoms with Gasteiger partial charge in [-0.15, -0.1) is 0 Å². The molecule has 0 bridgehead atoms. The smallest absolute Gasteiger partial charge is 0.253 e. The number of nitrogens with two attached hydrogens (primary N) is 1. The molecule has 17 heavy (non-hydrogen) atoms. The van der Waals surface area contributed by atoms with Crippen LogP contribution in [0.15, 0.2) is 18.2 Å². The Hall–Kier alpha value is -1.35. The van der Waals surface area contributed by atoms with Crippen LogP contribution < -0.4 is 5.73 Å². The normalized spacial score (nSPS) is 19.7. The highest BCUT2D eigenvalue weighted by Gasteiger charge is 2.25. The molecule has 0 saturated carbocycles. The van der Waals surface area contributed by atoms with Gasteiger partial charge in [0.2, 0.25) is 0 Å². The van der Waals surface area contributed by atoms with E-state index in [1.54, 1.807) is 0 Å². The predicted molar refractivity (Wildman–Crippen MR) is 69.0 cm³/mol. The third-order valence-corrected chi connectivity index (χ3v) is 3.66. The Morgan fingerprint density at radius 2 is 2.18 bits per heavy atom. The Kier molecular flexibility index (Phi) is 3.48. The second-order valence-electron chi connectivity index (χ2n) is 4.94. The van der Waals surface area contributed by atoms with E-state index in [0.717, 1.165) is 25.1 Å². The molecule has 1 aromatic rings. The number of rotatable bonds is 2. The molecule has 0 radical (unpaired) electrons. The van der Waals surface area contributed by atoms with Crippen molar-refractivity contribution in [3.63, 3.8) is 0 Å². The van der Waals surface area contributed by atoms with Crippen molar-refractivity contribution in [2.75, 3.05) is 19.6 Å². The van der Waals surface area contributed by atoms with Crippen molar-refractivity contribution in [1.82, 2.24) is 4.90 Å². The summed E-state index contributed by atoms with van der Waals surface area (Å²) in [5.74, 6) is 0.620. The first-order valence-electron chi connectivity index (χ1n) is 6.18. The largest absolute Gasteiger partial charge is 0.338 e. The minimum atomic E-state index is 0.143. The molecule has 1 heterocycles. The lowest BCUT2D eigenvalue weighted by Gasteiger charge is -2.17. The molecule has 1 saturated heterocycles. The Morgan fingerprint density at radius 3 is 2.76 bits per heavy atom. The summed E-state index contributed by atoms with van der Waals surface area (Å²) in [7, 11) is 0. The third kappa shape index (κ3) is 2.50. The van der Waals surface area contributed by atoms with Crippen LogP contribution in [-0.2, 0) is 0 Å². The van der Waals surface area contributed by atoms with E-state index >= 15 is 0 Å². The zero-order valence-corrected chi connectivity index (χ0v) is 10.6. The SMILES string of the molecule is Cc1ccc(C(=O)N2CC[C@H](CN)C2)cc1C. The summed E-state index contributed by atoms with van der Waals surface area (Å²) in [6.07, 6.45) is 1.03. The number of hydrogen-bond acceptors (Lipinski definition) is 2. The van der Waals surface area contributed by atoms with Gasteiger partial charge in [-0.1, -0.05) is 6.07 Å². The zero-order chi connectivity index (χ0) is 12.4. The molecule has 3 heteroatoms. The van der Waals surface area contributed by atoms with E-state index in [4.69, 9.17) is 5.73 Å². The maximum Gasteiger partial charge on any atom is 0.253 e. The lowest BCUT2D eigenvalue weighted by Crippen LogP contribution is -2.29. The number of benzene rings is 1. The van der Waals surface area contributed by atoms with Crippen LogP contribution in [-0.4, -0.2) is 30.4 Å². The first-order chi connectivity index (χ1) is 8.11. The fourth-order valence-electron chi connectivity index (χ4n) is 2.27. The fourth-order valence-corrected chi connectivity index (χ4v) is 2.27. The average molecular weight is 232 g/mol. The van der Waals surface area contributed by atoms with E-state index in [-0.39, 0.29) is 5.91 Å². The number of aryl methyl sites for hydroxylation is 2. The standard InChI is InChI=1S/C14H20N2O/c1-10-3-4-13(7-11(10)2)14(17)16-6-5-12(8-15)9-16/h3-4,7,12H,5-6,8-9,15H2,1-2H3/t12-/m1/s1. The van der Waals surface area contributed by atoms with Crippen molar-refractivity contribution in [2.45, 2.75) is 20.3 Å². The first kappa shape index (κ1) is 12.1. The molecule has 1 aliphatic heterocycles. The Balaban J connectivity index is 2.12. The van der Waals surface area contributed by atoms with E-state index in [9.17, 15) is 4.79 Å². The molecule has 0 unspecified atom stereocenters. The highest BCUT2D eigenvalue weighted by Crippen LogP contribution is 2.19. The molecule has 1 amide bonds. The molecule has 1 aliphatic rings. The minimum absolute atomic E-state index is 0.143. The Morgan fingerprint density at radius 1 is 1.41 bits per heavy atom. The van der Waals surface area contributed by atoms with Crippen molar-refractivity contribution < 1.29 is 4.79 Å². The van der Waals surface area contributed by atoms with Gasteiger partial charge in [-0.25, -0.2) is 0 Å². The lowest BCUT2D eigenvalue weighted by molar-refractivity contribution is 0.0787. The fraction of sp³-hybridized carbons (Fsp3) is 0.500. The predicted octanol–water partition coefficient (Wildman–Crippen LogP) is 1.72. The molecule has 0 aromatic heterocycles. The Bertz CT molecular complexity index is 428. The second-order valence-corrected chi connectivity index (χ2v) is 4.94. The van der Waals surface area contributed by atoms with Crippen molar-refractivity contribution in [2.24, 2.45) is 11.7 Å². The maximum absolute atomic E-state index is 12.3. The summed E-state index contributed by atoms with van der Waals surface area (Å²) in [5.41, 5.74) is 8.83. The average Bonchev–Trinajstić information content (AvgIpc) is 2.80. The highest BCUT2D eigenvalue weighted by molar-refractivity contribution is 5.94. The van der Waals surface area contributed by atoms with Gasteiger partial charge in [0.1, 0.15) is 0 Å². The number of carbonyl (C=O) groups excluding carboxylic acids is 1.